The molecule has 0 N–H and O–H groups in total. The maximum atomic E-state index is 12.3. The van der Waals surface area contributed by atoms with Crippen molar-refractivity contribution in [3.63, 3.8) is 0 Å². The average Bonchev–Trinajstić information content (AvgIpc) is 2.76. The van der Waals surface area contributed by atoms with Crippen LogP contribution in [-0.4, -0.2) is 18.7 Å². The van der Waals surface area contributed by atoms with Gasteiger partial charge in [0, 0.05) is 0 Å². The van der Waals surface area contributed by atoms with Gasteiger partial charge in [-0.2, -0.15) is 0 Å². The minimum absolute atomic E-state index is 0.349. The van der Waals surface area contributed by atoms with Gasteiger partial charge in [-0.15, -0.1) is 0 Å². The molecule has 70 valence electrons. The van der Waals surface area contributed by atoms with Crippen LogP contribution in [0.4, 0.5) is 4.39 Å². The molecule has 1 fully saturated rings. The normalized spacial score (nSPS) is 26.8. The molecule has 0 aromatic heterocycles. The van der Waals surface area contributed by atoms with Gasteiger partial charge in [-0.25, -0.2) is 4.39 Å². The molecule has 1 aliphatic rings. The van der Waals surface area contributed by atoms with E-state index in [-0.39, 0.29) is 5.97 Å². The second-order valence-electron chi connectivity index (χ2n) is 3.23. The highest BCUT2D eigenvalue weighted by Crippen LogP contribution is 2.34. The van der Waals surface area contributed by atoms with E-state index < -0.39 is 12.1 Å². The lowest BCUT2D eigenvalue weighted by Gasteiger charge is -2.01. The van der Waals surface area contributed by atoms with Crippen LogP contribution in [0.15, 0.2) is 0 Å². The van der Waals surface area contributed by atoms with Gasteiger partial charge in [-0.1, -0.05) is 19.8 Å². The Bertz CT molecular complexity index is 159. The summed E-state index contributed by atoms with van der Waals surface area (Å²) in [5.41, 5.74) is 0. The van der Waals surface area contributed by atoms with Crippen LogP contribution in [0.3, 0.4) is 0 Å². The first-order valence-corrected chi connectivity index (χ1v) is 4.56. The van der Waals surface area contributed by atoms with Gasteiger partial charge in [0.1, 0.15) is 6.17 Å². The second-order valence-corrected chi connectivity index (χ2v) is 3.23. The topological polar surface area (TPSA) is 26.3 Å². The fraction of sp³-hybridized carbons (Fsp3) is 0.889. The van der Waals surface area contributed by atoms with E-state index >= 15 is 0 Å². The molecule has 12 heavy (non-hydrogen) atoms. The van der Waals surface area contributed by atoms with Crippen LogP contribution in [0.1, 0.15) is 32.6 Å². The Kier molecular flexibility index (Phi) is 3.50. The molecule has 3 heteroatoms. The number of halogens is 1. The Hall–Kier alpha value is -0.600. The molecule has 0 aromatic rings. The minimum atomic E-state index is -0.927. The van der Waals surface area contributed by atoms with Crippen molar-refractivity contribution < 1.29 is 13.9 Å². The molecule has 1 saturated carbocycles. The quantitative estimate of drug-likeness (QED) is 0.471. The Labute approximate surface area is 72.1 Å². The predicted octanol–water partition coefficient (Wildman–Crippen LogP) is 2.08. The van der Waals surface area contributed by atoms with Gasteiger partial charge in [0.05, 0.1) is 12.5 Å². The van der Waals surface area contributed by atoms with Crippen LogP contribution >= 0.6 is 0 Å². The molecule has 0 saturated heterocycles. The molecule has 0 unspecified atom stereocenters. The van der Waals surface area contributed by atoms with E-state index in [0.29, 0.717) is 13.0 Å². The zero-order valence-corrected chi connectivity index (χ0v) is 7.38. The predicted molar refractivity (Wildman–Crippen MR) is 43.5 cm³/mol. The molecule has 1 aliphatic carbocycles. The SMILES string of the molecule is CCCCCOC(=O)[C@H]1C[C@H]1F. The Morgan fingerprint density at radius 1 is 1.58 bits per heavy atom. The third-order valence-electron chi connectivity index (χ3n) is 2.01. The molecule has 1 rings (SSSR count). The van der Waals surface area contributed by atoms with Crippen molar-refractivity contribution in [2.45, 2.75) is 38.8 Å². The van der Waals surface area contributed by atoms with Crippen molar-refractivity contribution in [3.8, 4) is 0 Å². The molecule has 0 amide bonds. The Balaban J connectivity index is 1.96. The van der Waals surface area contributed by atoms with E-state index in [1.807, 2.05) is 0 Å². The molecule has 0 heterocycles. The molecular weight excluding hydrogens is 159 g/mol. The van der Waals surface area contributed by atoms with Gasteiger partial charge in [0.15, 0.2) is 0 Å². The average molecular weight is 174 g/mol. The third-order valence-corrected chi connectivity index (χ3v) is 2.01. The van der Waals surface area contributed by atoms with Crippen molar-refractivity contribution in [1.82, 2.24) is 0 Å². The molecule has 0 aromatic carbocycles. The van der Waals surface area contributed by atoms with Crippen LogP contribution in [0.5, 0.6) is 0 Å². The van der Waals surface area contributed by atoms with E-state index in [0.717, 1.165) is 19.3 Å². The first kappa shape index (κ1) is 9.49. The first-order chi connectivity index (χ1) is 5.75. The fourth-order valence-corrected chi connectivity index (χ4v) is 1.04. The van der Waals surface area contributed by atoms with Crippen molar-refractivity contribution in [1.29, 1.82) is 0 Å². The van der Waals surface area contributed by atoms with Crippen LogP contribution in [0.25, 0.3) is 0 Å². The maximum absolute atomic E-state index is 12.3. The summed E-state index contributed by atoms with van der Waals surface area (Å²) >= 11 is 0. The summed E-state index contributed by atoms with van der Waals surface area (Å²) in [5, 5.41) is 0. The molecule has 0 radical (unpaired) electrons. The lowest BCUT2D eigenvalue weighted by Crippen LogP contribution is -2.09. The van der Waals surface area contributed by atoms with Gasteiger partial charge in [0.2, 0.25) is 0 Å². The van der Waals surface area contributed by atoms with E-state index in [2.05, 4.69) is 6.92 Å². The monoisotopic (exact) mass is 174 g/mol. The summed E-state index contributed by atoms with van der Waals surface area (Å²) in [6, 6.07) is 0. The second kappa shape index (κ2) is 4.43. The van der Waals surface area contributed by atoms with Crippen LogP contribution in [0, 0.1) is 5.92 Å². The number of unbranched alkanes of at least 4 members (excludes halogenated alkanes) is 2. The highest BCUT2D eigenvalue weighted by atomic mass is 19.1. The van der Waals surface area contributed by atoms with Crippen LogP contribution in [-0.2, 0) is 9.53 Å². The highest BCUT2D eigenvalue weighted by Gasteiger charge is 2.44. The first-order valence-electron chi connectivity index (χ1n) is 4.56. The van der Waals surface area contributed by atoms with Gasteiger partial charge >= 0.3 is 5.97 Å². The number of hydrogen-bond acceptors (Lipinski definition) is 2. The van der Waals surface area contributed by atoms with Crippen LogP contribution in [0.2, 0.25) is 0 Å². The fourth-order valence-electron chi connectivity index (χ4n) is 1.04. The molecule has 0 spiro atoms. The number of alkyl halides is 1. The molecule has 2 atom stereocenters. The number of carbonyl (C=O) groups excluding carboxylic acids is 1. The number of rotatable bonds is 5. The summed E-state index contributed by atoms with van der Waals surface area (Å²) in [4.78, 5) is 10.9. The number of ether oxygens (including phenoxy) is 1. The van der Waals surface area contributed by atoms with E-state index in [1.165, 1.54) is 0 Å². The van der Waals surface area contributed by atoms with Crippen molar-refractivity contribution in [3.05, 3.63) is 0 Å². The summed E-state index contributed by atoms with van der Waals surface area (Å²) in [5.74, 6) is -0.787. The van der Waals surface area contributed by atoms with Gasteiger partial charge in [0.25, 0.3) is 0 Å². The van der Waals surface area contributed by atoms with E-state index in [1.54, 1.807) is 0 Å². The van der Waals surface area contributed by atoms with Gasteiger partial charge in [-0.05, 0) is 12.8 Å². The molecule has 2 nitrogen and oxygen atoms in total. The molecule has 0 aliphatic heterocycles. The number of carbonyl (C=O) groups is 1. The van der Waals surface area contributed by atoms with Gasteiger partial charge < -0.3 is 4.74 Å². The van der Waals surface area contributed by atoms with Crippen molar-refractivity contribution >= 4 is 5.97 Å². The smallest absolute Gasteiger partial charge is 0.312 e. The van der Waals surface area contributed by atoms with E-state index in [9.17, 15) is 9.18 Å². The summed E-state index contributed by atoms with van der Waals surface area (Å²) in [7, 11) is 0. The number of esters is 1. The van der Waals surface area contributed by atoms with Crippen molar-refractivity contribution in [2.24, 2.45) is 5.92 Å². The lowest BCUT2D eigenvalue weighted by molar-refractivity contribution is -0.145. The third kappa shape index (κ3) is 2.80. The van der Waals surface area contributed by atoms with Gasteiger partial charge in [-0.3, -0.25) is 4.79 Å². The Morgan fingerprint density at radius 2 is 2.25 bits per heavy atom. The van der Waals surface area contributed by atoms with Crippen LogP contribution < -0.4 is 0 Å². The zero-order valence-electron chi connectivity index (χ0n) is 7.38. The largest absolute Gasteiger partial charge is 0.465 e. The summed E-state index contributed by atoms with van der Waals surface area (Å²) < 4.78 is 17.2. The van der Waals surface area contributed by atoms with Crippen molar-refractivity contribution in [2.75, 3.05) is 6.61 Å². The standard InChI is InChI=1S/C9H15FO2/c1-2-3-4-5-12-9(11)7-6-8(7)10/h7-8H,2-6H2,1H3/t7-,8+/m0/s1. The Morgan fingerprint density at radius 3 is 2.75 bits per heavy atom. The zero-order chi connectivity index (χ0) is 8.97. The molecular formula is C9H15FO2. The number of hydrogen-bond donors (Lipinski definition) is 0. The summed E-state index contributed by atoms with van der Waals surface area (Å²) in [6.45, 7) is 2.54. The lowest BCUT2D eigenvalue weighted by atomic mass is 10.3. The van der Waals surface area contributed by atoms with E-state index in [4.69, 9.17) is 4.74 Å². The summed E-state index contributed by atoms with van der Waals surface area (Å²) in [6.07, 6.45) is 2.51. The maximum Gasteiger partial charge on any atom is 0.312 e. The minimum Gasteiger partial charge on any atom is -0.465 e. The molecule has 0 bridgehead atoms. The highest BCUT2D eigenvalue weighted by molar-refractivity contribution is 5.76.